The van der Waals surface area contributed by atoms with E-state index in [2.05, 4.69) is 48.0 Å². The van der Waals surface area contributed by atoms with Crippen LogP contribution in [0.5, 0.6) is 0 Å². The van der Waals surface area contributed by atoms with Gasteiger partial charge in [-0.2, -0.15) is 0 Å². The molecule has 0 saturated heterocycles. The lowest BCUT2D eigenvalue weighted by molar-refractivity contribution is 0.304. The molecule has 0 aromatic rings. The van der Waals surface area contributed by atoms with Crippen LogP contribution in [0.1, 0.15) is 86.5 Å². The van der Waals surface area contributed by atoms with Crippen molar-refractivity contribution in [1.82, 2.24) is 0 Å². The summed E-state index contributed by atoms with van der Waals surface area (Å²) in [7, 11) is 0. The molecule has 0 bridgehead atoms. The molecule has 0 aromatic carbocycles. The van der Waals surface area contributed by atoms with Gasteiger partial charge < -0.3 is 0 Å². The molecule has 3 unspecified atom stereocenters. The molecule has 0 heteroatoms. The Morgan fingerprint density at radius 1 is 0.889 bits per heavy atom. The molecule has 0 aliphatic heterocycles. The van der Waals surface area contributed by atoms with Gasteiger partial charge >= 0.3 is 0 Å². The second-order valence-electron chi connectivity index (χ2n) is 6.30. The van der Waals surface area contributed by atoms with Crippen LogP contribution in [0.25, 0.3) is 0 Å². The minimum absolute atomic E-state index is 0.802. The summed E-state index contributed by atoms with van der Waals surface area (Å²) in [6, 6.07) is 0. The topological polar surface area (TPSA) is 0 Å². The third kappa shape index (κ3) is 7.44. The van der Waals surface area contributed by atoms with Gasteiger partial charge in [-0.15, -0.1) is 0 Å². The van der Waals surface area contributed by atoms with Gasteiger partial charge in [0, 0.05) is 0 Å². The van der Waals surface area contributed by atoms with E-state index in [1.165, 1.54) is 44.9 Å². The van der Waals surface area contributed by atoms with Gasteiger partial charge in [-0.05, 0) is 42.9 Å². The van der Waals surface area contributed by atoms with E-state index in [-0.39, 0.29) is 0 Å². The zero-order chi connectivity index (χ0) is 14.0. The fraction of sp³-hybridized carbons (Fsp3) is 0.944. The standard InChI is InChI=1S/C18H37/c1-7-11-18(10-4)16(6)13-12-15(5)14-17(8-2)9-3/h12,15-18H,7-11,13-14H2,1-6H3. The maximum atomic E-state index is 2.60. The molecule has 0 amide bonds. The number of hydrogen-bond donors (Lipinski definition) is 0. The average molecular weight is 253 g/mol. The molecular weight excluding hydrogens is 216 g/mol. The molecule has 3 atom stereocenters. The van der Waals surface area contributed by atoms with Gasteiger partial charge in [0.1, 0.15) is 0 Å². The molecule has 0 aliphatic carbocycles. The fourth-order valence-corrected chi connectivity index (χ4v) is 3.15. The second kappa shape index (κ2) is 10.9. The molecule has 0 spiro atoms. The van der Waals surface area contributed by atoms with Crippen LogP contribution in [0.4, 0.5) is 0 Å². The molecule has 0 nitrogen and oxygen atoms in total. The van der Waals surface area contributed by atoms with Crippen LogP contribution >= 0.6 is 0 Å². The molecule has 0 saturated carbocycles. The zero-order valence-corrected chi connectivity index (χ0v) is 13.8. The summed E-state index contributed by atoms with van der Waals surface area (Å²) in [5, 5.41) is 0. The van der Waals surface area contributed by atoms with Crippen LogP contribution < -0.4 is 0 Å². The van der Waals surface area contributed by atoms with Gasteiger partial charge in [0.05, 0.1) is 0 Å². The summed E-state index contributed by atoms with van der Waals surface area (Å²) < 4.78 is 0. The van der Waals surface area contributed by atoms with E-state index < -0.39 is 0 Å². The Hall–Kier alpha value is 0. The first-order valence-electron chi connectivity index (χ1n) is 8.42. The summed E-state index contributed by atoms with van der Waals surface area (Å²) in [5.41, 5.74) is 0. The molecule has 18 heavy (non-hydrogen) atoms. The zero-order valence-electron chi connectivity index (χ0n) is 13.8. The lowest BCUT2D eigenvalue weighted by Crippen LogP contribution is -2.13. The van der Waals surface area contributed by atoms with Crippen molar-refractivity contribution in [3.8, 4) is 0 Å². The van der Waals surface area contributed by atoms with Crippen LogP contribution in [0.3, 0.4) is 0 Å². The first-order valence-corrected chi connectivity index (χ1v) is 8.42. The molecule has 1 radical (unpaired) electrons. The minimum atomic E-state index is 0.802. The van der Waals surface area contributed by atoms with Gasteiger partial charge in [-0.3, -0.25) is 0 Å². The van der Waals surface area contributed by atoms with E-state index in [0.29, 0.717) is 0 Å². The van der Waals surface area contributed by atoms with Crippen LogP contribution in [0.15, 0.2) is 0 Å². The van der Waals surface area contributed by atoms with E-state index >= 15 is 0 Å². The summed E-state index contributed by atoms with van der Waals surface area (Å²) in [5.74, 6) is 3.55. The lowest BCUT2D eigenvalue weighted by atomic mass is 9.81. The van der Waals surface area contributed by atoms with Crippen molar-refractivity contribution >= 4 is 0 Å². The van der Waals surface area contributed by atoms with Crippen molar-refractivity contribution in [2.24, 2.45) is 23.7 Å². The summed E-state index contributed by atoms with van der Waals surface area (Å²) in [4.78, 5) is 0. The number of hydrogen-bond acceptors (Lipinski definition) is 0. The molecule has 109 valence electrons. The van der Waals surface area contributed by atoms with E-state index in [0.717, 1.165) is 23.7 Å². The van der Waals surface area contributed by atoms with Crippen molar-refractivity contribution in [2.45, 2.75) is 86.5 Å². The third-order valence-corrected chi connectivity index (χ3v) is 4.76. The van der Waals surface area contributed by atoms with E-state index in [1.807, 2.05) is 0 Å². The molecule has 0 heterocycles. The van der Waals surface area contributed by atoms with Crippen molar-refractivity contribution in [3.63, 3.8) is 0 Å². The fourth-order valence-electron chi connectivity index (χ4n) is 3.15. The normalized spacial score (nSPS) is 16.8. The Morgan fingerprint density at radius 2 is 1.50 bits per heavy atom. The Balaban J connectivity index is 3.91. The number of rotatable bonds is 11. The minimum Gasteiger partial charge on any atom is -0.0654 e. The lowest BCUT2D eigenvalue weighted by Gasteiger charge is -2.24. The van der Waals surface area contributed by atoms with Crippen molar-refractivity contribution < 1.29 is 0 Å². The largest absolute Gasteiger partial charge is 0.0654 e. The molecular formula is C18H37. The first-order chi connectivity index (χ1) is 8.58. The van der Waals surface area contributed by atoms with E-state index in [4.69, 9.17) is 0 Å². The summed E-state index contributed by atoms with van der Waals surface area (Å²) >= 11 is 0. The second-order valence-corrected chi connectivity index (χ2v) is 6.30. The van der Waals surface area contributed by atoms with Gasteiger partial charge in [0.2, 0.25) is 0 Å². The van der Waals surface area contributed by atoms with Gasteiger partial charge in [-0.1, -0.05) is 73.6 Å². The summed E-state index contributed by atoms with van der Waals surface area (Å²) in [6.45, 7) is 14.2. The molecule has 0 fully saturated rings. The quantitative estimate of drug-likeness (QED) is 0.394. The molecule has 0 N–H and O–H groups in total. The first kappa shape index (κ1) is 18.0. The Labute approximate surface area is 117 Å². The van der Waals surface area contributed by atoms with E-state index in [1.54, 1.807) is 0 Å². The third-order valence-electron chi connectivity index (χ3n) is 4.76. The van der Waals surface area contributed by atoms with Crippen molar-refractivity contribution in [1.29, 1.82) is 0 Å². The maximum Gasteiger partial charge on any atom is -0.0355 e. The highest BCUT2D eigenvalue weighted by molar-refractivity contribution is 4.79. The van der Waals surface area contributed by atoms with E-state index in [9.17, 15) is 0 Å². The Kier molecular flexibility index (Phi) is 10.9. The van der Waals surface area contributed by atoms with Crippen molar-refractivity contribution in [2.75, 3.05) is 0 Å². The maximum absolute atomic E-state index is 2.60. The molecule has 0 rings (SSSR count). The van der Waals surface area contributed by atoms with Gasteiger partial charge in [0.15, 0.2) is 0 Å². The highest BCUT2D eigenvalue weighted by Crippen LogP contribution is 2.28. The van der Waals surface area contributed by atoms with Crippen LogP contribution in [0, 0.1) is 30.1 Å². The van der Waals surface area contributed by atoms with Crippen molar-refractivity contribution in [3.05, 3.63) is 6.42 Å². The van der Waals surface area contributed by atoms with Crippen LogP contribution in [0.2, 0.25) is 0 Å². The van der Waals surface area contributed by atoms with Crippen LogP contribution in [-0.2, 0) is 0 Å². The summed E-state index contributed by atoms with van der Waals surface area (Å²) in [6.07, 6.45) is 12.1. The highest BCUT2D eigenvalue weighted by Gasteiger charge is 2.17. The SMILES string of the molecule is CCCC(CC)C(C)C[CH]C(C)CC(CC)CC. The smallest absolute Gasteiger partial charge is 0.0355 e. The predicted molar refractivity (Wildman–Crippen MR) is 84.6 cm³/mol. The average Bonchev–Trinajstić information content (AvgIpc) is 2.39. The predicted octanol–water partition coefficient (Wildman–Crippen LogP) is 6.51. The molecule has 0 aliphatic rings. The van der Waals surface area contributed by atoms with Gasteiger partial charge in [-0.25, -0.2) is 0 Å². The Morgan fingerprint density at radius 3 is 1.94 bits per heavy atom. The Bertz CT molecular complexity index is 169. The molecule has 0 aromatic heterocycles. The monoisotopic (exact) mass is 253 g/mol. The van der Waals surface area contributed by atoms with Gasteiger partial charge in [0.25, 0.3) is 0 Å². The van der Waals surface area contributed by atoms with Crippen LogP contribution in [-0.4, -0.2) is 0 Å². The highest BCUT2D eigenvalue weighted by atomic mass is 14.2.